The van der Waals surface area contributed by atoms with Gasteiger partial charge in [0.15, 0.2) is 0 Å². The Bertz CT molecular complexity index is 1590. The molecule has 0 spiro atoms. The van der Waals surface area contributed by atoms with E-state index in [-0.39, 0.29) is 24.1 Å². The van der Waals surface area contributed by atoms with Gasteiger partial charge in [-0.25, -0.2) is 4.79 Å². The van der Waals surface area contributed by atoms with E-state index in [1.807, 2.05) is 72.8 Å². The second kappa shape index (κ2) is 12.6. The maximum Gasteiger partial charge on any atom is 0.408 e. The first-order valence-corrected chi connectivity index (χ1v) is 14.5. The summed E-state index contributed by atoms with van der Waals surface area (Å²) in [7, 11) is 0. The fourth-order valence-corrected chi connectivity index (χ4v) is 5.12. The molecular weight excluding hydrogens is 542 g/mol. The van der Waals surface area contributed by atoms with Crippen molar-refractivity contribution in [2.24, 2.45) is 0 Å². The molecule has 0 aliphatic heterocycles. The molecule has 5 rings (SSSR count). The van der Waals surface area contributed by atoms with Gasteiger partial charge in [-0.05, 0) is 79.8 Å². The Morgan fingerprint density at radius 3 is 2.19 bits per heavy atom. The Labute approximate surface area is 251 Å². The van der Waals surface area contributed by atoms with E-state index >= 15 is 0 Å². The lowest BCUT2D eigenvalue weighted by molar-refractivity contribution is -0.141. The van der Waals surface area contributed by atoms with Crippen LogP contribution in [-0.2, 0) is 20.7 Å². The van der Waals surface area contributed by atoms with Gasteiger partial charge in [0, 0.05) is 18.2 Å². The topological polar surface area (TPSA) is 108 Å². The largest absolute Gasteiger partial charge is 0.508 e. The van der Waals surface area contributed by atoms with Gasteiger partial charge in [-0.1, -0.05) is 72.8 Å². The number of ether oxygens (including phenoxy) is 1. The van der Waals surface area contributed by atoms with E-state index in [9.17, 15) is 19.5 Å². The Morgan fingerprint density at radius 1 is 0.884 bits per heavy atom. The molecule has 3 amide bonds. The molecule has 1 aliphatic rings. The summed E-state index contributed by atoms with van der Waals surface area (Å²) < 4.78 is 5.50. The molecule has 8 heteroatoms. The highest BCUT2D eigenvalue weighted by Gasteiger charge is 2.44. The quantitative estimate of drug-likeness (QED) is 0.214. The molecule has 0 heterocycles. The van der Waals surface area contributed by atoms with Gasteiger partial charge in [-0.15, -0.1) is 0 Å². The number of phenols is 1. The fraction of sp³-hybridized carbons (Fsp3) is 0.286. The van der Waals surface area contributed by atoms with Crippen LogP contribution in [0.2, 0.25) is 0 Å². The zero-order valence-electron chi connectivity index (χ0n) is 24.6. The first-order chi connectivity index (χ1) is 20.6. The molecule has 43 heavy (non-hydrogen) atoms. The van der Waals surface area contributed by atoms with Crippen LogP contribution in [0.3, 0.4) is 0 Å². The molecule has 4 aromatic carbocycles. The zero-order valence-corrected chi connectivity index (χ0v) is 24.6. The van der Waals surface area contributed by atoms with Crippen molar-refractivity contribution >= 4 is 34.4 Å². The van der Waals surface area contributed by atoms with E-state index in [2.05, 4.69) is 10.6 Å². The Morgan fingerprint density at radius 2 is 1.53 bits per heavy atom. The summed E-state index contributed by atoms with van der Waals surface area (Å²) in [6, 6.07) is 27.1. The summed E-state index contributed by atoms with van der Waals surface area (Å²) in [5.41, 5.74) is 1.25. The first kappa shape index (κ1) is 29.6. The van der Waals surface area contributed by atoms with Crippen LogP contribution in [0.1, 0.15) is 50.8 Å². The van der Waals surface area contributed by atoms with Crippen LogP contribution in [0.4, 0.5) is 10.5 Å². The minimum atomic E-state index is -1.01. The normalized spacial score (nSPS) is 14.4. The number of hydrogen-bond acceptors (Lipinski definition) is 5. The number of carbonyl (C=O) groups is 3. The van der Waals surface area contributed by atoms with Crippen molar-refractivity contribution in [1.82, 2.24) is 10.2 Å². The smallest absolute Gasteiger partial charge is 0.408 e. The third-order valence-corrected chi connectivity index (χ3v) is 7.22. The van der Waals surface area contributed by atoms with Crippen molar-refractivity contribution in [2.75, 3.05) is 5.32 Å². The number of phenolic OH excluding ortho intramolecular Hbond substituents is 1. The lowest BCUT2D eigenvalue weighted by Crippen LogP contribution is -2.54. The first-order valence-electron chi connectivity index (χ1n) is 14.5. The third-order valence-electron chi connectivity index (χ3n) is 7.22. The van der Waals surface area contributed by atoms with Crippen molar-refractivity contribution in [2.45, 2.75) is 63.8 Å². The van der Waals surface area contributed by atoms with Gasteiger partial charge in [0.25, 0.3) is 5.91 Å². The summed E-state index contributed by atoms with van der Waals surface area (Å²) in [5.74, 6) is -0.726. The van der Waals surface area contributed by atoms with Gasteiger partial charge in [0.2, 0.25) is 5.91 Å². The lowest BCUT2D eigenvalue weighted by Gasteiger charge is -2.35. The van der Waals surface area contributed by atoms with Crippen LogP contribution >= 0.6 is 0 Å². The number of alkyl carbamates (subject to hydrolysis) is 1. The number of carbonyl (C=O) groups excluding carboxylic acids is 3. The average Bonchev–Trinajstić information content (AvgIpc) is 3.80. The molecule has 3 N–H and O–H groups in total. The highest BCUT2D eigenvalue weighted by Crippen LogP contribution is 2.37. The van der Waals surface area contributed by atoms with Crippen molar-refractivity contribution in [3.05, 3.63) is 108 Å². The maximum atomic E-state index is 14.5. The van der Waals surface area contributed by atoms with Crippen LogP contribution in [0, 0.1) is 0 Å². The summed E-state index contributed by atoms with van der Waals surface area (Å²) in [5, 5.41) is 17.8. The summed E-state index contributed by atoms with van der Waals surface area (Å²) >= 11 is 0. The molecule has 1 saturated carbocycles. The molecule has 4 aromatic rings. The lowest BCUT2D eigenvalue weighted by atomic mass is 9.99. The standard InChI is InChI=1S/C35H37N3O5/c1-35(2,3)43-34(42)37-30(21-23-9-5-4-6-10-23)33(41)38(28-17-18-28)31(25-14-19-29(39)20-15-25)32(40)36-27-16-13-24-11-7-8-12-26(24)22-27/h4-16,19-20,22,28,30-31,39H,17-18,21H2,1-3H3,(H,36,40)(H,37,42). The van der Waals surface area contributed by atoms with Crippen LogP contribution in [0.25, 0.3) is 10.8 Å². The molecule has 0 aromatic heterocycles. The second-order valence-electron chi connectivity index (χ2n) is 11.9. The Balaban J connectivity index is 1.50. The van der Waals surface area contributed by atoms with Crippen LogP contribution < -0.4 is 10.6 Å². The Kier molecular flexibility index (Phi) is 8.66. The number of nitrogens with one attached hydrogen (secondary N) is 2. The van der Waals surface area contributed by atoms with E-state index in [4.69, 9.17) is 4.74 Å². The highest BCUT2D eigenvalue weighted by molar-refractivity contribution is 6.00. The molecule has 2 unspecified atom stereocenters. The van der Waals surface area contributed by atoms with Gasteiger partial charge in [0.1, 0.15) is 23.4 Å². The molecule has 1 fully saturated rings. The van der Waals surface area contributed by atoms with E-state index in [0.29, 0.717) is 11.3 Å². The van der Waals surface area contributed by atoms with Crippen molar-refractivity contribution in [3.8, 4) is 5.75 Å². The number of anilines is 1. The molecule has 0 saturated heterocycles. The van der Waals surface area contributed by atoms with Crippen molar-refractivity contribution < 1.29 is 24.2 Å². The summed E-state index contributed by atoms with van der Waals surface area (Å²) in [4.78, 5) is 43.1. The van der Waals surface area contributed by atoms with Gasteiger partial charge < -0.3 is 25.4 Å². The van der Waals surface area contributed by atoms with Gasteiger partial charge in [-0.3, -0.25) is 9.59 Å². The number of hydrogen-bond donors (Lipinski definition) is 3. The number of amides is 3. The number of fused-ring (bicyclic) bond motifs is 1. The predicted molar refractivity (Wildman–Crippen MR) is 167 cm³/mol. The Hall–Kier alpha value is -4.85. The predicted octanol–water partition coefficient (Wildman–Crippen LogP) is 6.35. The van der Waals surface area contributed by atoms with Crippen LogP contribution in [0.5, 0.6) is 5.75 Å². The SMILES string of the molecule is CC(C)(C)OC(=O)NC(Cc1ccccc1)C(=O)N(C1CC1)C(C(=O)Nc1ccc2ccccc2c1)c1ccc(O)cc1. The van der Waals surface area contributed by atoms with E-state index < -0.39 is 29.7 Å². The second-order valence-corrected chi connectivity index (χ2v) is 11.9. The van der Waals surface area contributed by atoms with Crippen LogP contribution in [0.15, 0.2) is 97.1 Å². The van der Waals surface area contributed by atoms with Crippen LogP contribution in [-0.4, -0.2) is 45.6 Å². The molecule has 0 radical (unpaired) electrons. The van der Waals surface area contributed by atoms with E-state index in [1.54, 1.807) is 37.8 Å². The number of benzene rings is 4. The van der Waals surface area contributed by atoms with Crippen molar-refractivity contribution in [1.29, 1.82) is 0 Å². The average molecular weight is 580 g/mol. The number of rotatable bonds is 9. The van der Waals surface area contributed by atoms with Gasteiger partial charge >= 0.3 is 6.09 Å². The van der Waals surface area contributed by atoms with E-state index in [1.165, 1.54) is 12.1 Å². The molecule has 0 bridgehead atoms. The minimum Gasteiger partial charge on any atom is -0.508 e. The summed E-state index contributed by atoms with van der Waals surface area (Å²) in [6.07, 6.45) is 0.970. The van der Waals surface area contributed by atoms with E-state index in [0.717, 1.165) is 29.2 Å². The number of nitrogens with zero attached hydrogens (tertiary/aromatic N) is 1. The highest BCUT2D eigenvalue weighted by atomic mass is 16.6. The monoisotopic (exact) mass is 579 g/mol. The third kappa shape index (κ3) is 7.71. The minimum absolute atomic E-state index is 0.0512. The fourth-order valence-electron chi connectivity index (χ4n) is 5.12. The van der Waals surface area contributed by atoms with Crippen molar-refractivity contribution in [3.63, 3.8) is 0 Å². The molecule has 1 aliphatic carbocycles. The molecule has 2 atom stereocenters. The molecule has 8 nitrogen and oxygen atoms in total. The zero-order chi connectivity index (χ0) is 30.6. The summed E-state index contributed by atoms with van der Waals surface area (Å²) in [6.45, 7) is 5.28. The van der Waals surface area contributed by atoms with Gasteiger partial charge in [-0.2, -0.15) is 0 Å². The maximum absolute atomic E-state index is 14.5. The number of aromatic hydroxyl groups is 1. The molecular formula is C35H37N3O5. The molecule has 222 valence electrons. The van der Waals surface area contributed by atoms with Gasteiger partial charge in [0.05, 0.1) is 0 Å².